The standard InChI is InChI=1S/C54H96O12S/c1-3-5-7-9-11-13-15-17-19-21-23-24-25-27-29-31-33-35-37-39-41-43-50(56)64-48(47-63-54-52(58)53(66-67(59,60)61)51(57)49(45-55)65-54)46-62-44-42-40-38-36-34-32-30-28-26-22-20-18-16-14-12-10-8-6-4-2/h5,7,11,13,17,19-20,22-24,48-49,51-55,57-58H,3-4,6,8-10,12,14-16,18,21,25-47H2,1-2H3,(H,59,60,61)/b7-5-,13-11-,19-17-,22-20-,24-23-. The average Bonchev–Trinajstić information content (AvgIpc) is 3.30. The van der Waals surface area contributed by atoms with Crippen molar-refractivity contribution < 1.29 is 56.2 Å². The van der Waals surface area contributed by atoms with E-state index in [1.165, 1.54) is 116 Å². The highest BCUT2D eigenvalue weighted by atomic mass is 32.3. The van der Waals surface area contributed by atoms with Crippen LogP contribution >= 0.6 is 0 Å². The molecule has 0 aromatic carbocycles. The van der Waals surface area contributed by atoms with Crippen LogP contribution in [0.2, 0.25) is 0 Å². The summed E-state index contributed by atoms with van der Waals surface area (Å²) in [5.74, 6) is -0.408. The molecule has 1 rings (SSSR count). The third kappa shape index (κ3) is 38.3. The van der Waals surface area contributed by atoms with Gasteiger partial charge in [-0.3, -0.25) is 9.35 Å². The average molecular weight is 969 g/mol. The number of aliphatic hydroxyl groups excluding tert-OH is 3. The summed E-state index contributed by atoms with van der Waals surface area (Å²) in [6, 6.07) is 0. The van der Waals surface area contributed by atoms with Crippen LogP contribution in [0.5, 0.6) is 0 Å². The van der Waals surface area contributed by atoms with Crippen molar-refractivity contribution >= 4 is 16.4 Å². The van der Waals surface area contributed by atoms with Crippen LogP contribution in [0.25, 0.3) is 0 Å². The zero-order chi connectivity index (χ0) is 48.9. The number of hydrogen-bond donors (Lipinski definition) is 4. The fourth-order valence-corrected chi connectivity index (χ4v) is 8.40. The Morgan fingerprint density at radius 1 is 0.582 bits per heavy atom. The Hall–Kier alpha value is -2.20. The van der Waals surface area contributed by atoms with Gasteiger partial charge in [-0.05, 0) is 77.0 Å². The number of unbranched alkanes of at least 4 members (excludes halogenated alkanes) is 23. The van der Waals surface area contributed by atoms with Crippen LogP contribution in [0.4, 0.5) is 0 Å². The molecule has 0 radical (unpaired) electrons. The van der Waals surface area contributed by atoms with E-state index in [0.717, 1.165) is 70.6 Å². The van der Waals surface area contributed by atoms with Gasteiger partial charge in [-0.1, -0.05) is 190 Å². The van der Waals surface area contributed by atoms with Crippen molar-refractivity contribution in [3.05, 3.63) is 60.8 Å². The lowest BCUT2D eigenvalue weighted by molar-refractivity contribution is -0.301. The first kappa shape index (κ1) is 62.8. The third-order valence-corrected chi connectivity index (χ3v) is 12.3. The molecule has 1 aliphatic rings. The molecular weight excluding hydrogens is 873 g/mol. The molecule has 1 heterocycles. The Morgan fingerprint density at radius 2 is 1.03 bits per heavy atom. The summed E-state index contributed by atoms with van der Waals surface area (Å²) < 4.78 is 59.3. The van der Waals surface area contributed by atoms with Crippen molar-refractivity contribution in [3.63, 3.8) is 0 Å². The Morgan fingerprint density at radius 3 is 1.52 bits per heavy atom. The lowest BCUT2D eigenvalue weighted by Gasteiger charge is -2.41. The van der Waals surface area contributed by atoms with Gasteiger partial charge >= 0.3 is 16.4 Å². The highest BCUT2D eigenvalue weighted by Gasteiger charge is 2.48. The van der Waals surface area contributed by atoms with Crippen LogP contribution in [0.1, 0.15) is 213 Å². The van der Waals surface area contributed by atoms with Crippen LogP contribution in [0.3, 0.4) is 0 Å². The maximum Gasteiger partial charge on any atom is 0.397 e. The van der Waals surface area contributed by atoms with Crippen molar-refractivity contribution in [2.24, 2.45) is 0 Å². The fourth-order valence-electron chi connectivity index (χ4n) is 7.89. The van der Waals surface area contributed by atoms with Crippen LogP contribution in [0.15, 0.2) is 60.8 Å². The van der Waals surface area contributed by atoms with E-state index >= 15 is 0 Å². The van der Waals surface area contributed by atoms with Crippen molar-refractivity contribution in [3.8, 4) is 0 Å². The molecule has 0 spiro atoms. The lowest BCUT2D eigenvalue weighted by Crippen LogP contribution is -2.60. The normalized spacial score (nSPS) is 19.9. The molecule has 1 saturated heterocycles. The highest BCUT2D eigenvalue weighted by molar-refractivity contribution is 7.80. The Labute approximate surface area is 408 Å². The van der Waals surface area contributed by atoms with Crippen molar-refractivity contribution in [1.29, 1.82) is 0 Å². The number of rotatable bonds is 46. The second-order valence-electron chi connectivity index (χ2n) is 18.1. The van der Waals surface area contributed by atoms with E-state index in [2.05, 4.69) is 78.8 Å². The largest absolute Gasteiger partial charge is 0.457 e. The van der Waals surface area contributed by atoms with E-state index in [-0.39, 0.29) is 19.6 Å². The van der Waals surface area contributed by atoms with Crippen molar-refractivity contribution in [2.75, 3.05) is 26.4 Å². The third-order valence-electron chi connectivity index (χ3n) is 11.9. The molecule has 67 heavy (non-hydrogen) atoms. The summed E-state index contributed by atoms with van der Waals surface area (Å²) >= 11 is 0. The molecule has 6 atom stereocenters. The summed E-state index contributed by atoms with van der Waals surface area (Å²) in [6.07, 6.45) is 48.2. The monoisotopic (exact) mass is 969 g/mol. The van der Waals surface area contributed by atoms with Gasteiger partial charge in [-0.2, -0.15) is 8.42 Å². The quantitative estimate of drug-likeness (QED) is 0.0197. The number of esters is 1. The molecule has 4 N–H and O–H groups in total. The molecule has 1 aliphatic heterocycles. The Balaban J connectivity index is 2.36. The van der Waals surface area contributed by atoms with E-state index in [4.69, 9.17) is 18.9 Å². The van der Waals surface area contributed by atoms with E-state index in [1.807, 2.05) is 0 Å². The number of hydrogen-bond acceptors (Lipinski definition) is 11. The predicted molar refractivity (Wildman–Crippen MR) is 271 cm³/mol. The summed E-state index contributed by atoms with van der Waals surface area (Å²) in [4.78, 5) is 12.9. The summed E-state index contributed by atoms with van der Waals surface area (Å²) in [6.45, 7) is 3.88. The molecule has 12 nitrogen and oxygen atoms in total. The fraction of sp³-hybridized carbons (Fsp3) is 0.796. The first-order valence-corrected chi connectivity index (χ1v) is 27.9. The van der Waals surface area contributed by atoms with Gasteiger partial charge < -0.3 is 34.3 Å². The summed E-state index contributed by atoms with van der Waals surface area (Å²) in [7, 11) is -5.07. The first-order chi connectivity index (χ1) is 32.6. The predicted octanol–water partition coefficient (Wildman–Crippen LogP) is 12.5. The van der Waals surface area contributed by atoms with Gasteiger partial charge in [0.1, 0.15) is 30.5 Å². The molecule has 0 aromatic heterocycles. The van der Waals surface area contributed by atoms with Crippen LogP contribution in [0, 0.1) is 0 Å². The van der Waals surface area contributed by atoms with Gasteiger partial charge in [0, 0.05) is 13.0 Å². The van der Waals surface area contributed by atoms with Crippen LogP contribution in [-0.2, 0) is 38.3 Å². The summed E-state index contributed by atoms with van der Waals surface area (Å²) in [5, 5.41) is 30.8. The van der Waals surface area contributed by atoms with Gasteiger partial charge in [0.25, 0.3) is 0 Å². The molecule has 0 aliphatic carbocycles. The second-order valence-corrected chi connectivity index (χ2v) is 19.1. The summed E-state index contributed by atoms with van der Waals surface area (Å²) in [5.41, 5.74) is 0. The SMILES string of the molecule is CC/C=C\C/C=C\C/C=C\C/C=C\CCCCCCCCCCC(=O)OC(COCCCCCCCCCC/C=C\CCCCCCCCC)COC1OC(CO)C(O)C(OS(=O)(=O)O)C1O. The number of carbonyl (C=O) groups is 1. The van der Waals surface area contributed by atoms with Crippen molar-refractivity contribution in [2.45, 2.75) is 250 Å². The van der Waals surface area contributed by atoms with Gasteiger partial charge in [-0.25, -0.2) is 4.18 Å². The smallest absolute Gasteiger partial charge is 0.397 e. The van der Waals surface area contributed by atoms with Gasteiger partial charge in [0.15, 0.2) is 6.29 Å². The maximum atomic E-state index is 12.9. The molecule has 13 heteroatoms. The molecule has 6 unspecified atom stereocenters. The number of carbonyl (C=O) groups excluding carboxylic acids is 1. The minimum Gasteiger partial charge on any atom is -0.457 e. The minimum atomic E-state index is -5.07. The zero-order valence-electron chi connectivity index (χ0n) is 41.9. The molecule has 1 fully saturated rings. The molecule has 0 saturated carbocycles. The second kappa shape index (κ2) is 45.0. The van der Waals surface area contributed by atoms with E-state index in [0.29, 0.717) is 13.0 Å². The van der Waals surface area contributed by atoms with E-state index < -0.39 is 59.8 Å². The van der Waals surface area contributed by atoms with Gasteiger partial charge in [0.2, 0.25) is 0 Å². The van der Waals surface area contributed by atoms with E-state index in [1.54, 1.807) is 0 Å². The molecule has 390 valence electrons. The molecule has 0 amide bonds. The number of allylic oxidation sites excluding steroid dienone is 10. The first-order valence-electron chi connectivity index (χ1n) is 26.5. The van der Waals surface area contributed by atoms with Crippen LogP contribution in [-0.4, -0.2) is 97.5 Å². The molecule has 0 aromatic rings. The topological polar surface area (TPSA) is 178 Å². The minimum absolute atomic E-state index is 0.0291. The number of aliphatic hydroxyl groups is 3. The molecule has 0 bridgehead atoms. The maximum absolute atomic E-state index is 12.9. The Bertz CT molecular complexity index is 1400. The highest BCUT2D eigenvalue weighted by Crippen LogP contribution is 2.26. The van der Waals surface area contributed by atoms with E-state index in [9.17, 15) is 33.1 Å². The lowest BCUT2D eigenvalue weighted by atomic mass is 9.99. The Kier molecular flexibility index (Phi) is 42.2. The molecular formula is C54H96O12S. The van der Waals surface area contributed by atoms with Gasteiger partial charge in [-0.15, -0.1) is 0 Å². The van der Waals surface area contributed by atoms with Crippen LogP contribution < -0.4 is 0 Å². The van der Waals surface area contributed by atoms with Crippen molar-refractivity contribution in [1.82, 2.24) is 0 Å². The number of ether oxygens (including phenoxy) is 4. The zero-order valence-corrected chi connectivity index (χ0v) is 42.8. The van der Waals surface area contributed by atoms with Gasteiger partial charge in [0.05, 0.1) is 19.8 Å².